The molecule has 1 aromatic rings. The van der Waals surface area contributed by atoms with Crippen molar-refractivity contribution in [1.29, 1.82) is 0 Å². The van der Waals surface area contributed by atoms with E-state index in [-0.39, 0.29) is 0 Å². The number of aryl methyl sites for hydroxylation is 1. The predicted molar refractivity (Wildman–Crippen MR) is 84.7 cm³/mol. The lowest BCUT2D eigenvalue weighted by atomic mass is 10.0. The third-order valence-corrected chi connectivity index (χ3v) is 4.70. The van der Waals surface area contributed by atoms with Crippen LogP contribution in [0.15, 0.2) is 5.51 Å². The van der Waals surface area contributed by atoms with Crippen molar-refractivity contribution in [2.45, 2.75) is 47.2 Å². The summed E-state index contributed by atoms with van der Waals surface area (Å²) in [6.07, 6.45) is 0. The second-order valence-electron chi connectivity index (χ2n) is 6.05. The van der Waals surface area contributed by atoms with Gasteiger partial charge in [-0.25, -0.2) is 4.98 Å². The first kappa shape index (κ1) is 16.6. The molecule has 0 saturated carbocycles. The summed E-state index contributed by atoms with van der Waals surface area (Å²) in [6.45, 7) is 14.4. The van der Waals surface area contributed by atoms with E-state index in [2.05, 4.69) is 56.9 Å². The van der Waals surface area contributed by atoms with E-state index >= 15 is 0 Å². The Bertz CT molecular complexity index is 362. The molecule has 19 heavy (non-hydrogen) atoms. The summed E-state index contributed by atoms with van der Waals surface area (Å²) in [5, 5.41) is 3.55. The van der Waals surface area contributed by atoms with Gasteiger partial charge in [-0.1, -0.05) is 20.8 Å². The molecule has 0 amide bonds. The zero-order chi connectivity index (χ0) is 14.4. The summed E-state index contributed by atoms with van der Waals surface area (Å²) in [5.41, 5.74) is 3.12. The van der Waals surface area contributed by atoms with Crippen LogP contribution in [0.1, 0.15) is 38.3 Å². The summed E-state index contributed by atoms with van der Waals surface area (Å²) in [6, 6.07) is 0.571. The molecule has 1 rings (SSSR count). The molecule has 0 fully saturated rings. The Morgan fingerprint density at radius 3 is 2.47 bits per heavy atom. The monoisotopic (exact) mass is 283 g/mol. The molecule has 110 valence electrons. The first-order chi connectivity index (χ1) is 8.91. The highest BCUT2D eigenvalue weighted by Gasteiger charge is 2.18. The van der Waals surface area contributed by atoms with Crippen molar-refractivity contribution in [2.75, 3.05) is 20.1 Å². The molecule has 2 atom stereocenters. The summed E-state index contributed by atoms with van der Waals surface area (Å²) in [5.74, 6) is 1.37. The zero-order valence-corrected chi connectivity index (χ0v) is 14.0. The van der Waals surface area contributed by atoms with Crippen LogP contribution in [-0.4, -0.2) is 36.1 Å². The van der Waals surface area contributed by atoms with E-state index in [4.69, 9.17) is 0 Å². The van der Waals surface area contributed by atoms with Crippen LogP contribution < -0.4 is 5.32 Å². The molecule has 3 nitrogen and oxygen atoms in total. The average molecular weight is 283 g/mol. The fourth-order valence-electron chi connectivity index (χ4n) is 2.05. The molecular weight excluding hydrogens is 254 g/mol. The summed E-state index contributed by atoms with van der Waals surface area (Å²) in [7, 11) is 2.21. The molecule has 4 heteroatoms. The zero-order valence-electron chi connectivity index (χ0n) is 13.2. The lowest BCUT2D eigenvalue weighted by Crippen LogP contribution is -2.39. The Hall–Kier alpha value is -0.450. The minimum atomic E-state index is 0.571. The topological polar surface area (TPSA) is 28.2 Å². The van der Waals surface area contributed by atoms with Gasteiger partial charge in [-0.3, -0.25) is 4.90 Å². The van der Waals surface area contributed by atoms with E-state index in [0.29, 0.717) is 12.0 Å². The van der Waals surface area contributed by atoms with Crippen molar-refractivity contribution in [3.05, 3.63) is 16.1 Å². The second kappa shape index (κ2) is 7.98. The summed E-state index contributed by atoms with van der Waals surface area (Å²) < 4.78 is 0. The maximum Gasteiger partial charge on any atom is 0.0798 e. The van der Waals surface area contributed by atoms with Crippen LogP contribution in [-0.2, 0) is 6.54 Å². The quantitative estimate of drug-likeness (QED) is 0.794. The van der Waals surface area contributed by atoms with E-state index in [0.717, 1.165) is 25.6 Å². The molecule has 1 aromatic heterocycles. The number of hydrogen-bond acceptors (Lipinski definition) is 4. The second-order valence-corrected chi connectivity index (χ2v) is 6.99. The molecule has 0 spiro atoms. The first-order valence-electron chi connectivity index (χ1n) is 7.21. The van der Waals surface area contributed by atoms with Crippen LogP contribution in [0.5, 0.6) is 0 Å². The Morgan fingerprint density at radius 1 is 1.26 bits per heavy atom. The van der Waals surface area contributed by atoms with Gasteiger partial charge < -0.3 is 5.32 Å². The molecule has 1 heterocycles. The number of rotatable bonds is 8. The van der Waals surface area contributed by atoms with Gasteiger partial charge >= 0.3 is 0 Å². The van der Waals surface area contributed by atoms with Crippen molar-refractivity contribution in [2.24, 2.45) is 11.8 Å². The van der Waals surface area contributed by atoms with Gasteiger partial charge in [0.05, 0.1) is 11.2 Å². The van der Waals surface area contributed by atoms with Crippen LogP contribution in [0, 0.1) is 18.8 Å². The fraction of sp³-hybridized carbons (Fsp3) is 0.800. The molecule has 0 aliphatic carbocycles. The van der Waals surface area contributed by atoms with Gasteiger partial charge in [-0.15, -0.1) is 11.3 Å². The van der Waals surface area contributed by atoms with E-state index in [1.54, 1.807) is 11.3 Å². The van der Waals surface area contributed by atoms with Crippen molar-refractivity contribution in [3.8, 4) is 0 Å². The molecule has 2 unspecified atom stereocenters. The van der Waals surface area contributed by atoms with Gasteiger partial charge in [0, 0.05) is 17.5 Å². The van der Waals surface area contributed by atoms with Gasteiger partial charge in [0.2, 0.25) is 0 Å². The van der Waals surface area contributed by atoms with Gasteiger partial charge in [0.1, 0.15) is 0 Å². The Labute approximate surface area is 122 Å². The van der Waals surface area contributed by atoms with Crippen molar-refractivity contribution < 1.29 is 0 Å². The highest BCUT2D eigenvalue weighted by molar-refractivity contribution is 7.09. The Morgan fingerprint density at radius 2 is 1.95 bits per heavy atom. The van der Waals surface area contributed by atoms with E-state index in [1.807, 2.05) is 5.51 Å². The van der Waals surface area contributed by atoms with E-state index in [9.17, 15) is 0 Å². The van der Waals surface area contributed by atoms with Crippen LogP contribution in [0.4, 0.5) is 0 Å². The van der Waals surface area contributed by atoms with E-state index in [1.165, 1.54) is 10.6 Å². The maximum absolute atomic E-state index is 4.32. The predicted octanol–water partition coefficient (Wildman–Crippen LogP) is 3.15. The maximum atomic E-state index is 4.32. The average Bonchev–Trinajstić information content (AvgIpc) is 2.73. The standard InChI is InChI=1S/C15H29N3S/c1-11(2)7-16-8-12(3)14(5)18(6)9-15-13(4)17-10-19-15/h10-12,14,16H,7-9H2,1-6H3. The number of nitrogens with one attached hydrogen (secondary N) is 1. The molecule has 0 bridgehead atoms. The van der Waals surface area contributed by atoms with Crippen molar-refractivity contribution in [1.82, 2.24) is 15.2 Å². The minimum Gasteiger partial charge on any atom is -0.316 e. The summed E-state index contributed by atoms with van der Waals surface area (Å²) >= 11 is 1.76. The molecular formula is C15H29N3S. The Balaban J connectivity index is 2.38. The van der Waals surface area contributed by atoms with Gasteiger partial charge in [-0.2, -0.15) is 0 Å². The first-order valence-corrected chi connectivity index (χ1v) is 8.09. The van der Waals surface area contributed by atoms with Crippen LogP contribution in [0.2, 0.25) is 0 Å². The fourth-order valence-corrected chi connectivity index (χ4v) is 2.89. The SMILES string of the molecule is Cc1ncsc1CN(C)C(C)C(C)CNCC(C)C. The van der Waals surface area contributed by atoms with Crippen LogP contribution in [0.25, 0.3) is 0 Å². The molecule has 1 N–H and O–H groups in total. The third-order valence-electron chi connectivity index (χ3n) is 3.78. The molecule has 0 saturated heterocycles. The number of thiazole rings is 1. The van der Waals surface area contributed by atoms with Crippen molar-refractivity contribution in [3.63, 3.8) is 0 Å². The van der Waals surface area contributed by atoms with Crippen LogP contribution >= 0.6 is 11.3 Å². The molecule has 0 aromatic carbocycles. The van der Waals surface area contributed by atoms with Gasteiger partial charge in [-0.05, 0) is 45.8 Å². The van der Waals surface area contributed by atoms with Gasteiger partial charge in [0.15, 0.2) is 0 Å². The smallest absolute Gasteiger partial charge is 0.0798 e. The molecule has 0 aliphatic rings. The Kier molecular flexibility index (Phi) is 6.97. The normalized spacial score (nSPS) is 15.2. The molecule has 0 radical (unpaired) electrons. The summed E-state index contributed by atoms with van der Waals surface area (Å²) in [4.78, 5) is 8.14. The van der Waals surface area contributed by atoms with Gasteiger partial charge in [0.25, 0.3) is 0 Å². The molecule has 0 aliphatic heterocycles. The lowest BCUT2D eigenvalue weighted by Gasteiger charge is -2.30. The number of aromatic nitrogens is 1. The third kappa shape index (κ3) is 5.59. The number of nitrogens with zero attached hydrogens (tertiary/aromatic N) is 2. The van der Waals surface area contributed by atoms with E-state index < -0.39 is 0 Å². The highest BCUT2D eigenvalue weighted by Crippen LogP contribution is 2.17. The highest BCUT2D eigenvalue weighted by atomic mass is 32.1. The van der Waals surface area contributed by atoms with Crippen LogP contribution in [0.3, 0.4) is 0 Å². The lowest BCUT2D eigenvalue weighted by molar-refractivity contribution is 0.189. The number of hydrogen-bond donors (Lipinski definition) is 1. The van der Waals surface area contributed by atoms with Crippen molar-refractivity contribution >= 4 is 11.3 Å². The minimum absolute atomic E-state index is 0.571. The largest absolute Gasteiger partial charge is 0.316 e.